The van der Waals surface area contributed by atoms with Gasteiger partial charge in [-0.15, -0.1) is 11.3 Å². The molecular formula is C14H18N2O2S2. The molecular weight excluding hydrogens is 292 g/mol. The number of hydrogen-bond donors (Lipinski definition) is 1. The lowest BCUT2D eigenvalue weighted by atomic mass is 9.95. The van der Waals surface area contributed by atoms with Gasteiger partial charge in [-0.05, 0) is 37.5 Å². The van der Waals surface area contributed by atoms with E-state index in [9.17, 15) is 8.42 Å². The van der Waals surface area contributed by atoms with Gasteiger partial charge < -0.3 is 5.32 Å². The lowest BCUT2D eigenvalue weighted by molar-refractivity contribution is 0.453. The number of rotatable bonds is 3. The van der Waals surface area contributed by atoms with Crippen LogP contribution in [0, 0.1) is 0 Å². The summed E-state index contributed by atoms with van der Waals surface area (Å²) in [7, 11) is -2.92. The molecule has 1 saturated carbocycles. The third kappa shape index (κ3) is 2.96. The standard InChI is InChI=1S/C14H18N2O2S2/c1-20(17,18)12-4-2-3-10(7-12)16-11-5-6-13-14(8-11)19-9-15-13/h5-6,8-10,12,16H,2-4,7H2,1H3. The van der Waals surface area contributed by atoms with Crippen molar-refractivity contribution in [1.29, 1.82) is 0 Å². The summed E-state index contributed by atoms with van der Waals surface area (Å²) in [5, 5.41) is 3.29. The Balaban J connectivity index is 1.73. The number of hydrogen-bond acceptors (Lipinski definition) is 5. The summed E-state index contributed by atoms with van der Waals surface area (Å²) in [4.78, 5) is 4.26. The Hall–Kier alpha value is -1.14. The fourth-order valence-electron chi connectivity index (χ4n) is 2.85. The maximum atomic E-state index is 11.7. The fraction of sp³-hybridized carbons (Fsp3) is 0.500. The van der Waals surface area contributed by atoms with E-state index >= 15 is 0 Å². The van der Waals surface area contributed by atoms with Crippen molar-refractivity contribution in [2.45, 2.75) is 37.0 Å². The summed E-state index contributed by atoms with van der Waals surface area (Å²) in [5.41, 5.74) is 3.91. The molecule has 0 amide bonds. The lowest BCUT2D eigenvalue weighted by Gasteiger charge is -2.29. The minimum Gasteiger partial charge on any atom is -0.382 e. The SMILES string of the molecule is CS(=O)(=O)C1CCCC(Nc2ccc3ncsc3c2)C1. The van der Waals surface area contributed by atoms with E-state index in [1.807, 2.05) is 17.6 Å². The summed E-state index contributed by atoms with van der Waals surface area (Å²) in [5.74, 6) is 0. The van der Waals surface area contributed by atoms with Crippen LogP contribution in [-0.2, 0) is 9.84 Å². The normalized spacial score (nSPS) is 23.9. The van der Waals surface area contributed by atoms with Gasteiger partial charge in [-0.3, -0.25) is 0 Å². The number of nitrogens with one attached hydrogen (secondary N) is 1. The highest BCUT2D eigenvalue weighted by molar-refractivity contribution is 7.91. The quantitative estimate of drug-likeness (QED) is 0.946. The Morgan fingerprint density at radius 3 is 3.00 bits per heavy atom. The van der Waals surface area contributed by atoms with Crippen molar-refractivity contribution < 1.29 is 8.42 Å². The van der Waals surface area contributed by atoms with Crippen LogP contribution >= 0.6 is 11.3 Å². The first-order chi connectivity index (χ1) is 9.52. The van der Waals surface area contributed by atoms with Gasteiger partial charge in [0.1, 0.15) is 9.84 Å². The average molecular weight is 310 g/mol. The van der Waals surface area contributed by atoms with Crippen LogP contribution in [0.15, 0.2) is 23.7 Å². The van der Waals surface area contributed by atoms with Gasteiger partial charge in [-0.25, -0.2) is 13.4 Å². The zero-order chi connectivity index (χ0) is 14.2. The van der Waals surface area contributed by atoms with Crippen LogP contribution in [0.2, 0.25) is 0 Å². The molecule has 0 radical (unpaired) electrons. The monoisotopic (exact) mass is 310 g/mol. The second-order valence-corrected chi connectivity index (χ2v) is 8.71. The first-order valence-electron chi connectivity index (χ1n) is 6.81. The lowest BCUT2D eigenvalue weighted by Crippen LogP contribution is -2.34. The highest BCUT2D eigenvalue weighted by Crippen LogP contribution is 2.28. The molecule has 6 heteroatoms. The van der Waals surface area contributed by atoms with E-state index in [2.05, 4.69) is 16.4 Å². The molecule has 1 N–H and O–H groups in total. The molecule has 1 fully saturated rings. The second-order valence-electron chi connectivity index (χ2n) is 5.49. The summed E-state index contributed by atoms with van der Waals surface area (Å²) >= 11 is 1.62. The molecule has 1 aromatic carbocycles. The van der Waals surface area contributed by atoms with Crippen molar-refractivity contribution in [3.05, 3.63) is 23.7 Å². The van der Waals surface area contributed by atoms with E-state index in [-0.39, 0.29) is 11.3 Å². The number of anilines is 1. The van der Waals surface area contributed by atoms with Gasteiger partial charge in [0.25, 0.3) is 0 Å². The molecule has 108 valence electrons. The number of nitrogens with zero attached hydrogens (tertiary/aromatic N) is 1. The molecule has 1 heterocycles. The van der Waals surface area contributed by atoms with Crippen LogP contribution < -0.4 is 5.32 Å². The number of aromatic nitrogens is 1. The average Bonchev–Trinajstić information content (AvgIpc) is 2.85. The molecule has 3 rings (SSSR count). The van der Waals surface area contributed by atoms with Gasteiger partial charge in [-0.1, -0.05) is 6.42 Å². The molecule has 2 aromatic rings. The van der Waals surface area contributed by atoms with Gasteiger partial charge in [0.2, 0.25) is 0 Å². The van der Waals surface area contributed by atoms with Crippen LogP contribution in [-0.4, -0.2) is 30.9 Å². The first-order valence-corrected chi connectivity index (χ1v) is 9.64. The summed E-state index contributed by atoms with van der Waals surface area (Å²) in [6.45, 7) is 0. The zero-order valence-electron chi connectivity index (χ0n) is 11.4. The third-order valence-corrected chi connectivity index (χ3v) is 6.36. The minimum atomic E-state index is -2.92. The summed E-state index contributed by atoms with van der Waals surface area (Å²) in [6.07, 6.45) is 4.86. The molecule has 1 aliphatic rings. The third-order valence-electron chi connectivity index (χ3n) is 3.93. The molecule has 2 unspecified atom stereocenters. The van der Waals surface area contributed by atoms with E-state index in [1.165, 1.54) is 6.26 Å². The van der Waals surface area contributed by atoms with E-state index in [1.54, 1.807) is 11.3 Å². The van der Waals surface area contributed by atoms with Crippen molar-refractivity contribution in [2.75, 3.05) is 11.6 Å². The largest absolute Gasteiger partial charge is 0.382 e. The molecule has 0 aliphatic heterocycles. The molecule has 1 aliphatic carbocycles. The Labute approximate surface area is 123 Å². The molecule has 0 saturated heterocycles. The molecule has 2 atom stereocenters. The molecule has 20 heavy (non-hydrogen) atoms. The predicted molar refractivity (Wildman–Crippen MR) is 84.1 cm³/mol. The maximum absolute atomic E-state index is 11.7. The molecule has 0 spiro atoms. The molecule has 1 aromatic heterocycles. The topological polar surface area (TPSA) is 59.1 Å². The Morgan fingerprint density at radius 1 is 1.35 bits per heavy atom. The number of thiazole rings is 1. The van der Waals surface area contributed by atoms with Crippen LogP contribution in [0.4, 0.5) is 5.69 Å². The summed E-state index contributed by atoms with van der Waals surface area (Å²) < 4.78 is 24.5. The Kier molecular flexibility index (Phi) is 3.69. The highest BCUT2D eigenvalue weighted by atomic mass is 32.2. The van der Waals surface area contributed by atoms with Gasteiger partial charge in [0.15, 0.2) is 0 Å². The zero-order valence-corrected chi connectivity index (χ0v) is 13.0. The van der Waals surface area contributed by atoms with E-state index in [0.29, 0.717) is 6.42 Å². The smallest absolute Gasteiger partial charge is 0.150 e. The van der Waals surface area contributed by atoms with E-state index in [0.717, 1.165) is 35.2 Å². The van der Waals surface area contributed by atoms with E-state index in [4.69, 9.17) is 0 Å². The van der Waals surface area contributed by atoms with Crippen LogP contribution in [0.25, 0.3) is 10.2 Å². The fourth-order valence-corrected chi connectivity index (χ4v) is 4.74. The number of benzene rings is 1. The van der Waals surface area contributed by atoms with Crippen LogP contribution in [0.1, 0.15) is 25.7 Å². The van der Waals surface area contributed by atoms with Crippen molar-refractivity contribution in [3.63, 3.8) is 0 Å². The Bertz CT molecular complexity index is 709. The molecule has 0 bridgehead atoms. The molecule has 4 nitrogen and oxygen atoms in total. The van der Waals surface area contributed by atoms with Gasteiger partial charge in [0, 0.05) is 18.0 Å². The van der Waals surface area contributed by atoms with Crippen LogP contribution in [0.5, 0.6) is 0 Å². The first kappa shape index (κ1) is 13.8. The summed E-state index contributed by atoms with van der Waals surface area (Å²) in [6, 6.07) is 6.36. The van der Waals surface area contributed by atoms with Crippen molar-refractivity contribution in [3.8, 4) is 0 Å². The minimum absolute atomic E-state index is 0.194. The second kappa shape index (κ2) is 5.33. The highest BCUT2D eigenvalue weighted by Gasteiger charge is 2.28. The number of sulfone groups is 1. The van der Waals surface area contributed by atoms with Crippen molar-refractivity contribution >= 4 is 37.1 Å². The van der Waals surface area contributed by atoms with E-state index < -0.39 is 9.84 Å². The van der Waals surface area contributed by atoms with Crippen molar-refractivity contribution in [1.82, 2.24) is 4.98 Å². The maximum Gasteiger partial charge on any atom is 0.150 e. The van der Waals surface area contributed by atoms with Crippen LogP contribution in [0.3, 0.4) is 0 Å². The predicted octanol–water partition coefficient (Wildman–Crippen LogP) is 3.06. The number of fused-ring (bicyclic) bond motifs is 1. The Morgan fingerprint density at radius 2 is 2.20 bits per heavy atom. The van der Waals surface area contributed by atoms with Gasteiger partial charge in [0.05, 0.1) is 21.0 Å². The van der Waals surface area contributed by atoms with Gasteiger partial charge >= 0.3 is 0 Å². The van der Waals surface area contributed by atoms with Gasteiger partial charge in [-0.2, -0.15) is 0 Å². The van der Waals surface area contributed by atoms with Crippen molar-refractivity contribution in [2.24, 2.45) is 0 Å².